The third kappa shape index (κ3) is 3.24. The maximum Gasteiger partial charge on any atom is 0.0343 e. The summed E-state index contributed by atoms with van der Waals surface area (Å²) >= 11 is 3.53. The first-order valence-electron chi connectivity index (χ1n) is 6.26. The summed E-state index contributed by atoms with van der Waals surface area (Å²) in [6.07, 6.45) is 7.09. The Morgan fingerprint density at radius 3 is 2.69 bits per heavy atom. The van der Waals surface area contributed by atoms with Crippen molar-refractivity contribution in [2.24, 2.45) is 5.92 Å². The molecule has 1 aliphatic carbocycles. The molecule has 0 spiro atoms. The fourth-order valence-electron chi connectivity index (χ4n) is 2.41. The third-order valence-corrected chi connectivity index (χ3v) is 4.37. The van der Waals surface area contributed by atoms with Crippen molar-refractivity contribution < 1.29 is 0 Å². The Kier molecular flexibility index (Phi) is 4.28. The van der Waals surface area contributed by atoms with Crippen molar-refractivity contribution in [3.63, 3.8) is 0 Å². The zero-order chi connectivity index (χ0) is 11.4. The standard InChI is InChI=1S/C14H20BrN/c1-11-9-13(7-8-14(11)15)16-10-12-5-3-2-4-6-12/h7-9,12,16H,2-6,10H2,1H3. The molecular weight excluding hydrogens is 262 g/mol. The molecule has 0 bridgehead atoms. The van der Waals surface area contributed by atoms with Gasteiger partial charge in [-0.3, -0.25) is 0 Å². The fourth-order valence-corrected chi connectivity index (χ4v) is 2.65. The van der Waals surface area contributed by atoms with E-state index in [1.54, 1.807) is 0 Å². The number of halogens is 1. The van der Waals surface area contributed by atoms with Gasteiger partial charge >= 0.3 is 0 Å². The van der Waals surface area contributed by atoms with Crippen LogP contribution in [0.25, 0.3) is 0 Å². The lowest BCUT2D eigenvalue weighted by atomic mass is 9.89. The second kappa shape index (κ2) is 5.72. The highest BCUT2D eigenvalue weighted by Gasteiger charge is 2.12. The molecule has 0 aromatic heterocycles. The van der Waals surface area contributed by atoms with E-state index >= 15 is 0 Å². The predicted octanol–water partition coefficient (Wildman–Crippen LogP) is 4.75. The summed E-state index contributed by atoms with van der Waals surface area (Å²) in [6.45, 7) is 3.27. The Balaban J connectivity index is 1.86. The first-order chi connectivity index (χ1) is 7.75. The molecule has 1 aromatic rings. The van der Waals surface area contributed by atoms with Crippen LogP contribution >= 0.6 is 15.9 Å². The summed E-state index contributed by atoms with van der Waals surface area (Å²) < 4.78 is 1.19. The van der Waals surface area contributed by atoms with Gasteiger partial charge < -0.3 is 5.32 Å². The summed E-state index contributed by atoms with van der Waals surface area (Å²) in [6, 6.07) is 6.49. The Morgan fingerprint density at radius 1 is 1.25 bits per heavy atom. The minimum absolute atomic E-state index is 0.887. The highest BCUT2D eigenvalue weighted by Crippen LogP contribution is 2.25. The molecule has 1 aromatic carbocycles. The maximum atomic E-state index is 3.56. The summed E-state index contributed by atoms with van der Waals surface area (Å²) in [5.74, 6) is 0.887. The van der Waals surface area contributed by atoms with E-state index in [0.29, 0.717) is 0 Å². The second-order valence-electron chi connectivity index (χ2n) is 4.85. The van der Waals surface area contributed by atoms with E-state index in [1.165, 1.54) is 47.8 Å². The summed E-state index contributed by atoms with van der Waals surface area (Å²) in [5, 5.41) is 3.56. The normalized spacial score (nSPS) is 17.4. The van der Waals surface area contributed by atoms with Crippen LogP contribution in [0.1, 0.15) is 37.7 Å². The third-order valence-electron chi connectivity index (χ3n) is 3.48. The lowest BCUT2D eigenvalue weighted by molar-refractivity contribution is 0.373. The largest absolute Gasteiger partial charge is 0.385 e. The highest BCUT2D eigenvalue weighted by atomic mass is 79.9. The molecular formula is C14H20BrN. The highest BCUT2D eigenvalue weighted by molar-refractivity contribution is 9.10. The minimum Gasteiger partial charge on any atom is -0.385 e. The average Bonchev–Trinajstić information content (AvgIpc) is 2.32. The van der Waals surface area contributed by atoms with Crippen LogP contribution in [-0.4, -0.2) is 6.54 Å². The molecule has 1 saturated carbocycles. The quantitative estimate of drug-likeness (QED) is 0.843. The molecule has 0 amide bonds. The van der Waals surface area contributed by atoms with Crippen LogP contribution < -0.4 is 5.32 Å². The second-order valence-corrected chi connectivity index (χ2v) is 5.70. The smallest absolute Gasteiger partial charge is 0.0343 e. The molecule has 0 unspecified atom stereocenters. The molecule has 0 atom stereocenters. The van der Waals surface area contributed by atoms with Gasteiger partial charge in [-0.2, -0.15) is 0 Å². The molecule has 1 aliphatic rings. The van der Waals surface area contributed by atoms with Gasteiger partial charge in [0, 0.05) is 16.7 Å². The maximum absolute atomic E-state index is 3.56. The first kappa shape index (κ1) is 12.0. The van der Waals surface area contributed by atoms with E-state index < -0.39 is 0 Å². The number of anilines is 1. The van der Waals surface area contributed by atoms with Crippen molar-refractivity contribution in [1.82, 2.24) is 0 Å². The van der Waals surface area contributed by atoms with E-state index in [9.17, 15) is 0 Å². The van der Waals surface area contributed by atoms with E-state index in [1.807, 2.05) is 0 Å². The number of rotatable bonds is 3. The Morgan fingerprint density at radius 2 is 2.00 bits per heavy atom. The van der Waals surface area contributed by atoms with Crippen molar-refractivity contribution in [2.75, 3.05) is 11.9 Å². The molecule has 2 rings (SSSR count). The molecule has 0 radical (unpaired) electrons. The van der Waals surface area contributed by atoms with Crippen LogP contribution in [-0.2, 0) is 0 Å². The van der Waals surface area contributed by atoms with Crippen LogP contribution in [0.4, 0.5) is 5.69 Å². The molecule has 88 valence electrons. The van der Waals surface area contributed by atoms with E-state index in [0.717, 1.165) is 12.5 Å². The summed E-state index contributed by atoms with van der Waals surface area (Å²) in [4.78, 5) is 0. The number of benzene rings is 1. The summed E-state index contributed by atoms with van der Waals surface area (Å²) in [7, 11) is 0. The first-order valence-corrected chi connectivity index (χ1v) is 7.05. The van der Waals surface area contributed by atoms with Crippen LogP contribution in [0.2, 0.25) is 0 Å². The SMILES string of the molecule is Cc1cc(NCC2CCCCC2)ccc1Br. The molecule has 1 N–H and O–H groups in total. The predicted molar refractivity (Wildman–Crippen MR) is 73.9 cm³/mol. The zero-order valence-electron chi connectivity index (χ0n) is 9.93. The number of hydrogen-bond donors (Lipinski definition) is 1. The van der Waals surface area contributed by atoms with Crippen LogP contribution in [0.5, 0.6) is 0 Å². The number of hydrogen-bond acceptors (Lipinski definition) is 1. The van der Waals surface area contributed by atoms with Crippen LogP contribution in [0.15, 0.2) is 22.7 Å². The van der Waals surface area contributed by atoms with E-state index in [-0.39, 0.29) is 0 Å². The topological polar surface area (TPSA) is 12.0 Å². The summed E-state index contributed by atoms with van der Waals surface area (Å²) in [5.41, 5.74) is 2.56. The van der Waals surface area contributed by atoms with E-state index in [2.05, 4.69) is 46.4 Å². The van der Waals surface area contributed by atoms with Gasteiger partial charge in [-0.25, -0.2) is 0 Å². The van der Waals surface area contributed by atoms with Gasteiger partial charge in [0.1, 0.15) is 0 Å². The molecule has 1 fully saturated rings. The number of nitrogens with one attached hydrogen (secondary N) is 1. The molecule has 2 heteroatoms. The van der Waals surface area contributed by atoms with E-state index in [4.69, 9.17) is 0 Å². The molecule has 1 nitrogen and oxygen atoms in total. The van der Waals surface area contributed by atoms with Crippen molar-refractivity contribution in [3.8, 4) is 0 Å². The van der Waals surface area contributed by atoms with Gasteiger partial charge in [-0.1, -0.05) is 35.2 Å². The molecule has 0 aliphatic heterocycles. The van der Waals surface area contributed by atoms with Crippen LogP contribution in [0.3, 0.4) is 0 Å². The molecule has 0 heterocycles. The van der Waals surface area contributed by atoms with Crippen molar-refractivity contribution in [3.05, 3.63) is 28.2 Å². The molecule has 0 saturated heterocycles. The van der Waals surface area contributed by atoms with Gasteiger partial charge in [-0.05, 0) is 49.4 Å². The van der Waals surface area contributed by atoms with Gasteiger partial charge in [-0.15, -0.1) is 0 Å². The van der Waals surface area contributed by atoms with Crippen molar-refractivity contribution >= 4 is 21.6 Å². The minimum atomic E-state index is 0.887. The Labute approximate surface area is 107 Å². The monoisotopic (exact) mass is 281 g/mol. The van der Waals surface area contributed by atoms with Crippen molar-refractivity contribution in [2.45, 2.75) is 39.0 Å². The Hall–Kier alpha value is -0.500. The van der Waals surface area contributed by atoms with Gasteiger partial charge in [0.15, 0.2) is 0 Å². The lowest BCUT2D eigenvalue weighted by Crippen LogP contribution is -2.17. The number of aryl methyl sites for hydroxylation is 1. The van der Waals surface area contributed by atoms with Gasteiger partial charge in [0.25, 0.3) is 0 Å². The lowest BCUT2D eigenvalue weighted by Gasteiger charge is -2.22. The molecule has 16 heavy (non-hydrogen) atoms. The average molecular weight is 282 g/mol. The Bertz CT molecular complexity index is 343. The van der Waals surface area contributed by atoms with Gasteiger partial charge in [0.2, 0.25) is 0 Å². The van der Waals surface area contributed by atoms with Crippen molar-refractivity contribution in [1.29, 1.82) is 0 Å². The van der Waals surface area contributed by atoms with Crippen LogP contribution in [0, 0.1) is 12.8 Å². The zero-order valence-corrected chi connectivity index (χ0v) is 11.5. The fraction of sp³-hybridized carbons (Fsp3) is 0.571. The van der Waals surface area contributed by atoms with Gasteiger partial charge in [0.05, 0.1) is 0 Å².